The molecule has 0 saturated heterocycles. The largest absolute Gasteiger partial charge is 0.375 e. The summed E-state index contributed by atoms with van der Waals surface area (Å²) in [7, 11) is 0. The zero-order valence-corrected chi connectivity index (χ0v) is 24.9. The van der Waals surface area contributed by atoms with E-state index in [4.69, 9.17) is 4.74 Å². The number of ketones is 1. The summed E-state index contributed by atoms with van der Waals surface area (Å²) in [6.45, 7) is 12.6. The number of ether oxygens (including phenoxy) is 1. The van der Waals surface area contributed by atoms with Gasteiger partial charge in [0, 0.05) is 42.5 Å². The minimum absolute atomic E-state index is 0.0733. The van der Waals surface area contributed by atoms with Gasteiger partial charge in [0.15, 0.2) is 0 Å². The third-order valence-electron chi connectivity index (χ3n) is 7.57. The number of aromatic nitrogens is 3. The van der Waals surface area contributed by atoms with Gasteiger partial charge < -0.3 is 15.0 Å². The van der Waals surface area contributed by atoms with E-state index in [2.05, 4.69) is 29.5 Å². The molecule has 9 nitrogen and oxygen atoms in total. The molecule has 2 heterocycles. The molecule has 3 aromatic rings. The lowest BCUT2D eigenvalue weighted by Gasteiger charge is -2.29. The number of fused-ring (bicyclic) bond motifs is 5. The fourth-order valence-electron chi connectivity index (χ4n) is 4.85. The quantitative estimate of drug-likeness (QED) is 0.340. The molecule has 2 aromatic carbocycles. The van der Waals surface area contributed by atoms with E-state index < -0.39 is 5.60 Å². The van der Waals surface area contributed by atoms with Crippen molar-refractivity contribution < 1.29 is 19.1 Å². The smallest absolute Gasteiger partial charge is 0.227 e. The Hall–Kier alpha value is -3.85. The Bertz CT molecular complexity index is 1410. The zero-order valence-electron chi connectivity index (χ0n) is 24.9. The number of anilines is 1. The number of carbonyl (C=O) groups excluding carboxylic acids is 3. The summed E-state index contributed by atoms with van der Waals surface area (Å²) >= 11 is 0. The van der Waals surface area contributed by atoms with Crippen LogP contribution in [0.2, 0.25) is 0 Å². The Morgan fingerprint density at radius 3 is 2.39 bits per heavy atom. The van der Waals surface area contributed by atoms with Crippen LogP contribution in [-0.4, -0.2) is 51.3 Å². The van der Waals surface area contributed by atoms with Gasteiger partial charge in [-0.3, -0.25) is 14.4 Å². The molecule has 41 heavy (non-hydrogen) atoms. The lowest BCUT2D eigenvalue weighted by Crippen LogP contribution is -2.35. The monoisotopic (exact) mass is 559 g/mol. The highest BCUT2D eigenvalue weighted by atomic mass is 16.5. The van der Waals surface area contributed by atoms with Crippen LogP contribution in [0.4, 0.5) is 5.69 Å². The minimum Gasteiger partial charge on any atom is -0.375 e. The van der Waals surface area contributed by atoms with Gasteiger partial charge in [0.2, 0.25) is 11.8 Å². The van der Waals surface area contributed by atoms with E-state index in [1.807, 2.05) is 74.0 Å². The molecule has 9 heteroatoms. The second kappa shape index (κ2) is 12.8. The first kappa shape index (κ1) is 30.1. The van der Waals surface area contributed by atoms with Gasteiger partial charge in [-0.2, -0.15) is 0 Å². The van der Waals surface area contributed by atoms with Crippen molar-refractivity contribution in [2.75, 3.05) is 18.1 Å². The summed E-state index contributed by atoms with van der Waals surface area (Å²) < 4.78 is 7.83. The van der Waals surface area contributed by atoms with Crippen LogP contribution in [-0.2, 0) is 25.7 Å². The molecule has 2 amide bonds. The average molecular weight is 560 g/mol. The number of nitrogens with one attached hydrogen (secondary N) is 1. The maximum Gasteiger partial charge on any atom is 0.227 e. The molecule has 218 valence electrons. The van der Waals surface area contributed by atoms with Gasteiger partial charge in [0.1, 0.15) is 11.5 Å². The molecule has 1 unspecified atom stereocenters. The molecule has 0 fully saturated rings. The first-order valence-corrected chi connectivity index (χ1v) is 14.3. The van der Waals surface area contributed by atoms with Gasteiger partial charge in [-0.05, 0) is 52.7 Å². The standard InChI is InChI=1S/C32H41N5O4/c1-21(2)37-31-25-12-8-7-11-24(25)19-36(27-14-10-9-13-26(27)30(31)34-35-37)29(40)16-15-28(39)33-18-17-32(5,6)41-20-22(3)23(4)38/h7-14,21-22H,15-20H2,1-6H3,(H,33,39). The maximum absolute atomic E-state index is 13.7. The second-order valence-corrected chi connectivity index (χ2v) is 11.7. The Morgan fingerprint density at radius 2 is 1.68 bits per heavy atom. The molecule has 1 aliphatic heterocycles. The molecule has 0 aliphatic carbocycles. The summed E-state index contributed by atoms with van der Waals surface area (Å²) in [6.07, 6.45) is 0.744. The van der Waals surface area contributed by atoms with Crippen molar-refractivity contribution in [3.63, 3.8) is 0 Å². The molecule has 4 rings (SSSR count). The number of rotatable bonds is 11. The van der Waals surface area contributed by atoms with E-state index in [1.54, 1.807) is 11.8 Å². The fraction of sp³-hybridized carbons (Fsp3) is 0.469. The number of amides is 2. The van der Waals surface area contributed by atoms with Gasteiger partial charge in [0.05, 0.1) is 30.1 Å². The first-order chi connectivity index (χ1) is 19.5. The predicted octanol–water partition coefficient (Wildman–Crippen LogP) is 5.35. The first-order valence-electron chi connectivity index (χ1n) is 14.3. The summed E-state index contributed by atoms with van der Waals surface area (Å²) in [4.78, 5) is 39.6. The molecular formula is C32H41N5O4. The summed E-state index contributed by atoms with van der Waals surface area (Å²) in [5, 5.41) is 11.9. The van der Waals surface area contributed by atoms with E-state index in [0.717, 1.165) is 33.8 Å². The lowest BCUT2D eigenvalue weighted by molar-refractivity contribution is -0.126. The highest BCUT2D eigenvalue weighted by molar-refractivity contribution is 6.01. The Labute approximate surface area is 242 Å². The number of benzene rings is 2. The molecule has 1 N–H and O–H groups in total. The molecule has 0 radical (unpaired) electrons. The Morgan fingerprint density at radius 1 is 1.00 bits per heavy atom. The van der Waals surface area contributed by atoms with Gasteiger partial charge in [-0.15, -0.1) is 5.10 Å². The van der Waals surface area contributed by atoms with E-state index in [0.29, 0.717) is 26.1 Å². The van der Waals surface area contributed by atoms with Crippen LogP contribution in [0, 0.1) is 5.92 Å². The van der Waals surface area contributed by atoms with Crippen molar-refractivity contribution in [3.05, 3.63) is 54.1 Å². The Kier molecular flexibility index (Phi) is 9.38. The molecule has 1 aliphatic rings. The van der Waals surface area contributed by atoms with E-state index >= 15 is 0 Å². The number of carbonyl (C=O) groups is 3. The molecule has 1 aromatic heterocycles. The van der Waals surface area contributed by atoms with Crippen LogP contribution in [0.5, 0.6) is 0 Å². The molecule has 0 bridgehead atoms. The van der Waals surface area contributed by atoms with E-state index in [1.165, 1.54) is 0 Å². The lowest BCUT2D eigenvalue weighted by atomic mass is 9.95. The normalized spacial score (nSPS) is 13.5. The number of hydrogen-bond acceptors (Lipinski definition) is 6. The van der Waals surface area contributed by atoms with Gasteiger partial charge in [-0.1, -0.05) is 54.6 Å². The minimum atomic E-state index is -0.481. The van der Waals surface area contributed by atoms with Crippen LogP contribution in [0.25, 0.3) is 22.5 Å². The third-order valence-corrected chi connectivity index (χ3v) is 7.57. The second-order valence-electron chi connectivity index (χ2n) is 11.7. The van der Waals surface area contributed by atoms with Crippen molar-refractivity contribution in [2.24, 2.45) is 5.92 Å². The van der Waals surface area contributed by atoms with Crippen molar-refractivity contribution in [3.8, 4) is 22.5 Å². The fourth-order valence-corrected chi connectivity index (χ4v) is 4.85. The summed E-state index contributed by atoms with van der Waals surface area (Å²) in [5.41, 5.74) is 4.77. The number of hydrogen-bond donors (Lipinski definition) is 1. The topological polar surface area (TPSA) is 106 Å². The van der Waals surface area contributed by atoms with Crippen molar-refractivity contribution in [1.82, 2.24) is 20.3 Å². The van der Waals surface area contributed by atoms with Crippen LogP contribution >= 0.6 is 0 Å². The van der Waals surface area contributed by atoms with Crippen LogP contribution in [0.3, 0.4) is 0 Å². The SMILES string of the molecule is CC(=O)C(C)COC(C)(C)CCNC(=O)CCC(=O)N1Cc2ccccc2-c2c(nnn2C(C)C)-c2ccccc21. The predicted molar refractivity (Wildman–Crippen MR) is 159 cm³/mol. The third kappa shape index (κ3) is 7.08. The number of nitrogens with zero attached hydrogens (tertiary/aromatic N) is 4. The summed E-state index contributed by atoms with van der Waals surface area (Å²) in [6, 6.07) is 15.9. The van der Waals surface area contributed by atoms with E-state index in [9.17, 15) is 14.4 Å². The molecular weight excluding hydrogens is 518 g/mol. The van der Waals surface area contributed by atoms with Crippen molar-refractivity contribution in [1.29, 1.82) is 0 Å². The zero-order chi connectivity index (χ0) is 29.7. The number of Topliss-reactive ketones (excluding diaryl/α,β-unsaturated/α-hetero) is 1. The van der Waals surface area contributed by atoms with E-state index in [-0.39, 0.29) is 42.4 Å². The van der Waals surface area contributed by atoms with Crippen molar-refractivity contribution >= 4 is 23.3 Å². The summed E-state index contributed by atoms with van der Waals surface area (Å²) in [5.74, 6) is -0.394. The van der Waals surface area contributed by atoms with Crippen molar-refractivity contribution in [2.45, 2.75) is 79.0 Å². The molecule has 0 spiro atoms. The molecule has 0 saturated carbocycles. The van der Waals surface area contributed by atoms with Crippen LogP contribution in [0.1, 0.15) is 72.4 Å². The van der Waals surface area contributed by atoms with Crippen LogP contribution < -0.4 is 10.2 Å². The Balaban J connectivity index is 1.46. The van der Waals surface area contributed by atoms with Gasteiger partial charge in [0.25, 0.3) is 0 Å². The van der Waals surface area contributed by atoms with Crippen LogP contribution in [0.15, 0.2) is 48.5 Å². The average Bonchev–Trinajstić information content (AvgIpc) is 3.37. The van der Waals surface area contributed by atoms with Gasteiger partial charge >= 0.3 is 0 Å². The highest BCUT2D eigenvalue weighted by Gasteiger charge is 2.29. The maximum atomic E-state index is 13.7. The number of para-hydroxylation sites is 1. The van der Waals surface area contributed by atoms with Gasteiger partial charge in [-0.25, -0.2) is 4.68 Å². The highest BCUT2D eigenvalue weighted by Crippen LogP contribution is 2.41. The molecule has 1 atom stereocenters.